The van der Waals surface area contributed by atoms with Crippen LogP contribution in [0, 0.1) is 0 Å². The highest BCUT2D eigenvalue weighted by Crippen LogP contribution is 2.39. The zero-order valence-electron chi connectivity index (χ0n) is 15.8. The normalized spacial score (nSPS) is 13.4. The molecule has 0 saturated carbocycles. The molecule has 0 bridgehead atoms. The lowest BCUT2D eigenvalue weighted by atomic mass is 10.2. The highest BCUT2D eigenvalue weighted by molar-refractivity contribution is 7.98. The molecule has 9 heteroatoms. The zero-order chi connectivity index (χ0) is 20.5. The van der Waals surface area contributed by atoms with Gasteiger partial charge < -0.3 is 14.5 Å². The summed E-state index contributed by atoms with van der Waals surface area (Å²) in [7, 11) is 0. The van der Waals surface area contributed by atoms with Crippen LogP contribution in [0.25, 0.3) is 16.7 Å². The number of hydrogen-bond donors (Lipinski definition) is 1. The Morgan fingerprint density at radius 3 is 2.87 bits per heavy atom. The summed E-state index contributed by atoms with van der Waals surface area (Å²) in [6.45, 7) is 1.18. The van der Waals surface area contributed by atoms with E-state index in [0.29, 0.717) is 51.7 Å². The number of benzene rings is 2. The van der Waals surface area contributed by atoms with Crippen molar-refractivity contribution >= 4 is 34.4 Å². The van der Waals surface area contributed by atoms with Crippen LogP contribution < -0.4 is 15.0 Å². The molecule has 7 nitrogen and oxygen atoms in total. The number of aromatic amines is 1. The van der Waals surface area contributed by atoms with Crippen LogP contribution in [0.5, 0.6) is 11.5 Å². The van der Waals surface area contributed by atoms with E-state index in [1.54, 1.807) is 4.68 Å². The number of hydrogen-bond acceptors (Lipinski definition) is 6. The fraction of sp³-hybridized carbons (Fsp3) is 0.190. The van der Waals surface area contributed by atoms with E-state index in [1.165, 1.54) is 18.0 Å². The number of fused-ring (bicyclic) bond motifs is 2. The molecule has 3 heterocycles. The molecule has 30 heavy (non-hydrogen) atoms. The van der Waals surface area contributed by atoms with Crippen molar-refractivity contribution in [1.29, 1.82) is 0 Å². The lowest BCUT2D eigenvalue weighted by Gasteiger charge is -2.11. The summed E-state index contributed by atoms with van der Waals surface area (Å²) in [5.74, 6) is 1.79. The van der Waals surface area contributed by atoms with Gasteiger partial charge in [-0.15, -0.1) is 0 Å². The van der Waals surface area contributed by atoms with Gasteiger partial charge in [-0.2, -0.15) is 5.10 Å². The number of nitrogens with zero attached hydrogens (tertiary/aromatic N) is 3. The number of para-hydroxylation sites is 1. The number of aromatic nitrogens is 4. The van der Waals surface area contributed by atoms with Crippen LogP contribution >= 0.6 is 23.4 Å². The Morgan fingerprint density at radius 2 is 2.00 bits per heavy atom. The van der Waals surface area contributed by atoms with Gasteiger partial charge in [-0.3, -0.25) is 4.79 Å². The van der Waals surface area contributed by atoms with Crippen LogP contribution in [0.4, 0.5) is 0 Å². The number of nitrogens with one attached hydrogen (secondary N) is 1. The third-order valence-corrected chi connectivity index (χ3v) is 5.88. The summed E-state index contributed by atoms with van der Waals surface area (Å²) >= 11 is 7.79. The van der Waals surface area contributed by atoms with E-state index in [0.717, 1.165) is 17.7 Å². The molecule has 0 radical (unpaired) electrons. The monoisotopic (exact) mass is 440 g/mol. The second kappa shape index (κ2) is 8.04. The SMILES string of the molecule is O=c1[nH]c(SCc2cc(Cl)c3c(c2)OCCCO3)nc2c1cnn2-c1ccccc1. The van der Waals surface area contributed by atoms with Crippen molar-refractivity contribution in [1.82, 2.24) is 19.7 Å². The third-order valence-electron chi connectivity index (χ3n) is 4.65. The molecule has 0 fully saturated rings. The van der Waals surface area contributed by atoms with Gasteiger partial charge in [0.1, 0.15) is 5.39 Å². The molecule has 0 saturated heterocycles. The minimum absolute atomic E-state index is 0.221. The molecule has 0 spiro atoms. The number of ether oxygens (including phenoxy) is 2. The van der Waals surface area contributed by atoms with Crippen molar-refractivity contribution in [2.45, 2.75) is 17.3 Å². The van der Waals surface area contributed by atoms with Crippen molar-refractivity contribution in [2.24, 2.45) is 0 Å². The first-order valence-electron chi connectivity index (χ1n) is 9.43. The van der Waals surface area contributed by atoms with Crippen molar-refractivity contribution in [3.8, 4) is 17.2 Å². The number of H-pyrrole nitrogens is 1. The Morgan fingerprint density at radius 1 is 1.17 bits per heavy atom. The number of halogens is 1. The molecule has 0 aliphatic carbocycles. The van der Waals surface area contributed by atoms with Crippen molar-refractivity contribution in [3.63, 3.8) is 0 Å². The second-order valence-corrected chi connectivity index (χ2v) is 8.12. The van der Waals surface area contributed by atoms with Crippen LogP contribution in [-0.2, 0) is 5.75 Å². The minimum atomic E-state index is -0.221. The fourth-order valence-corrected chi connectivity index (χ4v) is 4.32. The smallest absolute Gasteiger partial charge is 0.262 e. The van der Waals surface area contributed by atoms with Crippen molar-refractivity contribution in [3.05, 3.63) is 69.6 Å². The molecule has 0 atom stereocenters. The van der Waals surface area contributed by atoms with Gasteiger partial charge in [-0.1, -0.05) is 41.6 Å². The molecule has 4 aromatic rings. The topological polar surface area (TPSA) is 82.0 Å². The third kappa shape index (κ3) is 3.64. The van der Waals surface area contributed by atoms with Crippen LogP contribution in [-0.4, -0.2) is 33.0 Å². The maximum absolute atomic E-state index is 12.5. The molecular formula is C21H17ClN4O3S. The molecule has 0 amide bonds. The average molecular weight is 441 g/mol. The molecule has 5 rings (SSSR count). The summed E-state index contributed by atoms with van der Waals surface area (Å²) in [6.07, 6.45) is 2.35. The van der Waals surface area contributed by atoms with Crippen LogP contribution in [0.3, 0.4) is 0 Å². The predicted molar refractivity (Wildman–Crippen MR) is 116 cm³/mol. The lowest BCUT2D eigenvalue weighted by Crippen LogP contribution is -2.09. The maximum Gasteiger partial charge on any atom is 0.262 e. The van der Waals surface area contributed by atoms with Gasteiger partial charge in [0, 0.05) is 12.2 Å². The van der Waals surface area contributed by atoms with E-state index in [1.807, 2.05) is 42.5 Å². The second-order valence-electron chi connectivity index (χ2n) is 6.74. The Kier molecular flexibility index (Phi) is 5.10. The summed E-state index contributed by atoms with van der Waals surface area (Å²) in [5, 5.41) is 5.80. The van der Waals surface area contributed by atoms with Gasteiger partial charge in [0.05, 0.1) is 30.1 Å². The Labute approximate surface area is 181 Å². The lowest BCUT2D eigenvalue weighted by molar-refractivity contribution is 0.297. The van der Waals surface area contributed by atoms with Crippen LogP contribution in [0.2, 0.25) is 5.02 Å². The summed E-state index contributed by atoms with van der Waals surface area (Å²) < 4.78 is 13.1. The minimum Gasteiger partial charge on any atom is -0.489 e. The van der Waals surface area contributed by atoms with Gasteiger partial charge in [0.15, 0.2) is 22.3 Å². The van der Waals surface area contributed by atoms with Gasteiger partial charge >= 0.3 is 0 Å². The molecular weight excluding hydrogens is 424 g/mol. The van der Waals surface area contributed by atoms with Gasteiger partial charge in [0.2, 0.25) is 0 Å². The molecule has 1 aliphatic heterocycles. The van der Waals surface area contributed by atoms with Crippen molar-refractivity contribution in [2.75, 3.05) is 13.2 Å². The standard InChI is InChI=1S/C21H17ClN4O3S/c22-16-9-13(10-17-18(16)29-8-4-7-28-17)12-30-21-24-19-15(20(27)25-21)11-23-26(19)14-5-2-1-3-6-14/h1-3,5-6,9-11H,4,7-8,12H2,(H,24,25,27). The summed E-state index contributed by atoms with van der Waals surface area (Å²) in [4.78, 5) is 20.0. The van der Waals surface area contributed by atoms with Gasteiger partial charge in [0.25, 0.3) is 5.56 Å². The first kappa shape index (κ1) is 19.0. The summed E-state index contributed by atoms with van der Waals surface area (Å²) in [5.41, 5.74) is 2.09. The molecule has 1 aliphatic rings. The van der Waals surface area contributed by atoms with E-state index in [-0.39, 0.29) is 5.56 Å². The highest BCUT2D eigenvalue weighted by atomic mass is 35.5. The van der Waals surface area contributed by atoms with Gasteiger partial charge in [-0.05, 0) is 29.8 Å². The Bertz CT molecular complexity index is 1270. The molecule has 2 aromatic carbocycles. The van der Waals surface area contributed by atoms with E-state index >= 15 is 0 Å². The van der Waals surface area contributed by atoms with Crippen LogP contribution in [0.15, 0.2) is 58.6 Å². The fourth-order valence-electron chi connectivity index (χ4n) is 3.24. The largest absolute Gasteiger partial charge is 0.489 e. The molecule has 1 N–H and O–H groups in total. The predicted octanol–water partition coefficient (Wildman–Crippen LogP) is 4.22. The van der Waals surface area contributed by atoms with Gasteiger partial charge in [-0.25, -0.2) is 9.67 Å². The Hall–Kier alpha value is -2.97. The van der Waals surface area contributed by atoms with Crippen molar-refractivity contribution < 1.29 is 9.47 Å². The van der Waals surface area contributed by atoms with E-state index < -0.39 is 0 Å². The molecule has 152 valence electrons. The zero-order valence-corrected chi connectivity index (χ0v) is 17.4. The summed E-state index contributed by atoms with van der Waals surface area (Å²) in [6, 6.07) is 13.4. The van der Waals surface area contributed by atoms with E-state index in [2.05, 4.69) is 15.1 Å². The molecule has 0 unspecified atom stereocenters. The molecule has 2 aromatic heterocycles. The van der Waals surface area contributed by atoms with E-state index in [9.17, 15) is 4.79 Å². The maximum atomic E-state index is 12.5. The highest BCUT2D eigenvalue weighted by Gasteiger charge is 2.16. The number of rotatable bonds is 4. The van der Waals surface area contributed by atoms with Crippen LogP contribution in [0.1, 0.15) is 12.0 Å². The first-order valence-corrected chi connectivity index (χ1v) is 10.8. The number of thioether (sulfide) groups is 1. The quantitative estimate of drug-likeness (QED) is 0.378. The Balaban J connectivity index is 1.44. The van der Waals surface area contributed by atoms with E-state index in [4.69, 9.17) is 21.1 Å². The first-order chi connectivity index (χ1) is 14.7. The average Bonchev–Trinajstić information content (AvgIpc) is 3.04.